The molecule has 146 valence electrons. The van der Waals surface area contributed by atoms with Gasteiger partial charge in [0.2, 0.25) is 0 Å². The Hall–Kier alpha value is -2.09. The molecule has 2 saturated heterocycles. The number of benzene rings is 1. The minimum absolute atomic E-state index is 0.0369. The van der Waals surface area contributed by atoms with Crippen LogP contribution in [0.5, 0.6) is 0 Å². The van der Waals surface area contributed by atoms with Crippen molar-refractivity contribution in [2.75, 3.05) is 37.7 Å². The molecule has 7 heteroatoms. The van der Waals surface area contributed by atoms with Gasteiger partial charge in [0.05, 0.1) is 11.6 Å². The summed E-state index contributed by atoms with van der Waals surface area (Å²) in [6.07, 6.45) is 1.78. The molecule has 0 radical (unpaired) electrons. The van der Waals surface area contributed by atoms with Gasteiger partial charge >= 0.3 is 0 Å². The monoisotopic (exact) mass is 413 g/mol. The number of hydrogen-bond acceptors (Lipinski definition) is 6. The smallest absolute Gasteiger partial charge is 0.267 e. The van der Waals surface area contributed by atoms with Crippen molar-refractivity contribution in [1.29, 1.82) is 0 Å². The third-order valence-electron chi connectivity index (χ3n) is 4.99. The van der Waals surface area contributed by atoms with Crippen molar-refractivity contribution in [3.05, 3.63) is 58.4 Å². The van der Waals surface area contributed by atoms with E-state index in [9.17, 15) is 4.79 Å². The van der Waals surface area contributed by atoms with Gasteiger partial charge in [0.25, 0.3) is 5.91 Å². The normalized spacial score (nSPS) is 19.9. The standard InChI is InChI=1S/C21H23N3O2S2/c1-15-4-3-5-17(12-15)23-10-8-22(9-11-23)14-24-20(25)19(28-21(24)27)13-18-7-6-16(2)26-18/h3-7,12-13H,8-11,14H2,1-2H3/b19-13+. The Balaban J connectivity index is 1.36. The van der Waals surface area contributed by atoms with Gasteiger partial charge in [-0.3, -0.25) is 14.6 Å². The Labute approximate surface area is 175 Å². The van der Waals surface area contributed by atoms with Crippen LogP contribution in [0.3, 0.4) is 0 Å². The highest BCUT2D eigenvalue weighted by Gasteiger charge is 2.34. The lowest BCUT2D eigenvalue weighted by atomic mass is 10.2. The van der Waals surface area contributed by atoms with Crippen LogP contribution in [0.4, 0.5) is 5.69 Å². The molecular weight excluding hydrogens is 390 g/mol. The van der Waals surface area contributed by atoms with Gasteiger partial charge in [-0.15, -0.1) is 0 Å². The maximum Gasteiger partial charge on any atom is 0.267 e. The van der Waals surface area contributed by atoms with Crippen molar-refractivity contribution >= 4 is 46.0 Å². The van der Waals surface area contributed by atoms with E-state index in [0.717, 1.165) is 31.9 Å². The average molecular weight is 414 g/mol. The highest BCUT2D eigenvalue weighted by molar-refractivity contribution is 8.26. The summed E-state index contributed by atoms with van der Waals surface area (Å²) in [5.41, 5.74) is 2.54. The van der Waals surface area contributed by atoms with Gasteiger partial charge in [-0.1, -0.05) is 36.1 Å². The fourth-order valence-electron chi connectivity index (χ4n) is 3.45. The second-order valence-corrected chi connectivity index (χ2v) is 8.82. The first-order valence-corrected chi connectivity index (χ1v) is 10.6. The zero-order valence-corrected chi connectivity index (χ0v) is 17.7. The van der Waals surface area contributed by atoms with Crippen LogP contribution in [-0.2, 0) is 4.79 Å². The summed E-state index contributed by atoms with van der Waals surface area (Å²) in [7, 11) is 0. The molecule has 0 bridgehead atoms. The summed E-state index contributed by atoms with van der Waals surface area (Å²) in [6, 6.07) is 12.4. The first-order valence-electron chi connectivity index (χ1n) is 9.35. The summed E-state index contributed by atoms with van der Waals surface area (Å²) < 4.78 is 6.17. The highest BCUT2D eigenvalue weighted by Crippen LogP contribution is 2.33. The number of carbonyl (C=O) groups excluding carboxylic acids is 1. The molecule has 1 amide bonds. The summed E-state index contributed by atoms with van der Waals surface area (Å²) in [5.74, 6) is 1.48. The number of rotatable bonds is 4. The van der Waals surface area contributed by atoms with Crippen molar-refractivity contribution in [3.8, 4) is 0 Å². The van der Waals surface area contributed by atoms with Gasteiger partial charge in [-0.25, -0.2) is 0 Å². The lowest BCUT2D eigenvalue weighted by molar-refractivity contribution is -0.123. The van der Waals surface area contributed by atoms with Crippen LogP contribution in [0, 0.1) is 13.8 Å². The van der Waals surface area contributed by atoms with E-state index in [2.05, 4.69) is 41.0 Å². The number of hydrogen-bond donors (Lipinski definition) is 0. The third kappa shape index (κ3) is 4.16. The van der Waals surface area contributed by atoms with Crippen molar-refractivity contribution in [2.45, 2.75) is 13.8 Å². The van der Waals surface area contributed by atoms with Gasteiger partial charge in [0.1, 0.15) is 15.8 Å². The topological polar surface area (TPSA) is 39.9 Å². The maximum absolute atomic E-state index is 12.8. The predicted octanol–water partition coefficient (Wildman–Crippen LogP) is 3.88. The van der Waals surface area contributed by atoms with Gasteiger partial charge < -0.3 is 9.32 Å². The molecular formula is C21H23N3O2S2. The fourth-order valence-corrected chi connectivity index (χ4v) is 4.68. The number of anilines is 1. The Morgan fingerprint density at radius 2 is 1.93 bits per heavy atom. The van der Waals surface area contributed by atoms with Crippen molar-refractivity contribution < 1.29 is 9.21 Å². The minimum Gasteiger partial charge on any atom is -0.462 e. The molecule has 0 atom stereocenters. The Bertz CT molecular complexity index is 929. The highest BCUT2D eigenvalue weighted by atomic mass is 32.2. The minimum atomic E-state index is -0.0369. The number of furan rings is 1. The number of amides is 1. The SMILES string of the molecule is Cc1cccc(N2CCN(CN3C(=O)/C(=C\c4ccc(C)o4)SC3=S)CC2)c1. The van der Waals surface area contributed by atoms with Crippen LogP contribution in [0.25, 0.3) is 6.08 Å². The first kappa shape index (κ1) is 19.2. The number of nitrogens with zero attached hydrogens (tertiary/aromatic N) is 3. The number of aryl methyl sites for hydroxylation is 2. The van der Waals surface area contributed by atoms with E-state index in [0.29, 0.717) is 21.7 Å². The molecule has 0 aliphatic carbocycles. The van der Waals surface area contributed by atoms with E-state index in [4.69, 9.17) is 16.6 Å². The Morgan fingerprint density at radius 1 is 1.14 bits per heavy atom. The lowest BCUT2D eigenvalue weighted by Crippen LogP contribution is -2.50. The largest absolute Gasteiger partial charge is 0.462 e. The van der Waals surface area contributed by atoms with E-state index in [1.165, 1.54) is 23.0 Å². The summed E-state index contributed by atoms with van der Waals surface area (Å²) in [4.78, 5) is 19.8. The van der Waals surface area contributed by atoms with E-state index < -0.39 is 0 Å². The second kappa shape index (κ2) is 8.11. The fraction of sp³-hybridized carbons (Fsp3) is 0.333. The second-order valence-electron chi connectivity index (χ2n) is 7.14. The van der Waals surface area contributed by atoms with E-state index >= 15 is 0 Å². The summed E-state index contributed by atoms with van der Waals surface area (Å²) in [6.45, 7) is 8.24. The number of thioether (sulfide) groups is 1. The van der Waals surface area contributed by atoms with Crippen LogP contribution in [0.1, 0.15) is 17.1 Å². The molecule has 0 spiro atoms. The Kier molecular flexibility index (Phi) is 5.57. The van der Waals surface area contributed by atoms with Gasteiger partial charge in [0.15, 0.2) is 0 Å². The predicted molar refractivity (Wildman–Crippen MR) is 118 cm³/mol. The average Bonchev–Trinajstić information content (AvgIpc) is 3.20. The van der Waals surface area contributed by atoms with Crippen LogP contribution < -0.4 is 4.90 Å². The van der Waals surface area contributed by atoms with Crippen molar-refractivity contribution in [1.82, 2.24) is 9.80 Å². The molecule has 0 N–H and O–H groups in total. The van der Waals surface area contributed by atoms with Crippen LogP contribution in [0.15, 0.2) is 45.7 Å². The van der Waals surface area contributed by atoms with Gasteiger partial charge in [-0.2, -0.15) is 0 Å². The first-order chi connectivity index (χ1) is 13.5. The molecule has 1 aromatic carbocycles. The number of thiocarbonyl (C=S) groups is 1. The maximum atomic E-state index is 12.8. The number of piperazine rings is 1. The molecule has 2 fully saturated rings. The molecule has 4 rings (SSSR count). The molecule has 1 aromatic heterocycles. The van der Waals surface area contributed by atoms with Crippen LogP contribution in [0.2, 0.25) is 0 Å². The molecule has 2 aromatic rings. The molecule has 5 nitrogen and oxygen atoms in total. The zero-order chi connectivity index (χ0) is 19.7. The molecule has 28 heavy (non-hydrogen) atoms. The van der Waals surface area contributed by atoms with E-state index in [-0.39, 0.29) is 5.91 Å². The quantitative estimate of drug-likeness (QED) is 0.560. The Morgan fingerprint density at radius 3 is 2.61 bits per heavy atom. The third-order valence-corrected chi connectivity index (χ3v) is 6.37. The molecule has 2 aliphatic rings. The van der Waals surface area contributed by atoms with Crippen molar-refractivity contribution in [3.63, 3.8) is 0 Å². The molecule has 3 heterocycles. The van der Waals surface area contributed by atoms with E-state index in [1.807, 2.05) is 19.1 Å². The molecule has 2 aliphatic heterocycles. The molecule has 0 saturated carbocycles. The van der Waals surface area contributed by atoms with Crippen LogP contribution >= 0.6 is 24.0 Å². The van der Waals surface area contributed by atoms with Gasteiger partial charge in [-0.05, 0) is 43.7 Å². The van der Waals surface area contributed by atoms with E-state index in [1.54, 1.807) is 11.0 Å². The van der Waals surface area contributed by atoms with Gasteiger partial charge in [0, 0.05) is 37.9 Å². The zero-order valence-electron chi connectivity index (χ0n) is 16.1. The molecule has 0 unspecified atom stereocenters. The van der Waals surface area contributed by atoms with Crippen LogP contribution in [-0.4, -0.2) is 52.9 Å². The summed E-state index contributed by atoms with van der Waals surface area (Å²) in [5, 5.41) is 0. The van der Waals surface area contributed by atoms with Crippen molar-refractivity contribution in [2.24, 2.45) is 0 Å². The summed E-state index contributed by atoms with van der Waals surface area (Å²) >= 11 is 6.80. The lowest BCUT2D eigenvalue weighted by Gasteiger charge is -2.37. The number of carbonyl (C=O) groups is 1.